The summed E-state index contributed by atoms with van der Waals surface area (Å²) in [7, 11) is 5.33. The lowest BCUT2D eigenvalue weighted by molar-refractivity contribution is -0.385. The summed E-state index contributed by atoms with van der Waals surface area (Å²) in [4.78, 5) is 68.2. The molecular formula is C37H34Cl2N4O10. The van der Waals surface area contributed by atoms with Crippen molar-refractivity contribution in [1.29, 1.82) is 0 Å². The molecule has 2 N–H and O–H groups in total. The molecule has 0 spiro atoms. The Hall–Kier alpha value is -5.86. The van der Waals surface area contributed by atoms with Gasteiger partial charge in [0, 0.05) is 19.5 Å². The van der Waals surface area contributed by atoms with Gasteiger partial charge in [0.05, 0.1) is 42.7 Å². The second-order valence-corrected chi connectivity index (χ2v) is 12.7. The molecule has 6 rings (SSSR count). The zero-order valence-electron chi connectivity index (χ0n) is 28.9. The summed E-state index contributed by atoms with van der Waals surface area (Å²) < 4.78 is 21.4. The number of likely N-dealkylation sites (N-methyl/N-ethyl adjacent to an activating group) is 1. The van der Waals surface area contributed by atoms with E-state index in [0.29, 0.717) is 16.9 Å². The fraction of sp³-hybridized carbons (Fsp3) is 0.243. The Morgan fingerprint density at radius 1 is 0.962 bits per heavy atom. The molecule has 276 valence electrons. The number of carbonyl (C=O) groups is 4. The third-order valence-corrected chi connectivity index (χ3v) is 9.10. The van der Waals surface area contributed by atoms with Gasteiger partial charge >= 0.3 is 11.7 Å². The SMILES string of the molecule is COC(=O)[C@@H](NC(=O)[C@@H]1Cc2ccc(c([N+](=O)[O-])c2)Oc2cccc(c2)CC(=O)N[C@@H](c2cc(Cl)c(OC)c(Cl)c2)C(=O)N1C)c1ccc(OC)cc1. The van der Waals surface area contributed by atoms with Gasteiger partial charge in [-0.3, -0.25) is 24.5 Å². The van der Waals surface area contributed by atoms with Gasteiger partial charge in [-0.05, 0) is 64.7 Å². The minimum Gasteiger partial charge on any atom is -0.497 e. The molecule has 0 fully saturated rings. The normalized spacial score (nSPS) is 16.5. The van der Waals surface area contributed by atoms with Crippen molar-refractivity contribution < 1.29 is 43.0 Å². The second-order valence-electron chi connectivity index (χ2n) is 11.9. The maximum Gasteiger partial charge on any atom is 0.333 e. The molecule has 4 aromatic rings. The van der Waals surface area contributed by atoms with Gasteiger partial charge < -0.3 is 34.5 Å². The van der Waals surface area contributed by atoms with Crippen LogP contribution >= 0.6 is 23.2 Å². The monoisotopic (exact) mass is 764 g/mol. The van der Waals surface area contributed by atoms with Gasteiger partial charge in [0.2, 0.25) is 23.5 Å². The molecule has 53 heavy (non-hydrogen) atoms. The first-order chi connectivity index (χ1) is 25.3. The van der Waals surface area contributed by atoms with E-state index in [1.54, 1.807) is 48.5 Å². The number of hydrogen-bond acceptors (Lipinski definition) is 10. The number of ether oxygens (including phenoxy) is 4. The summed E-state index contributed by atoms with van der Waals surface area (Å²) in [5.74, 6) is -2.21. The molecule has 2 aliphatic rings. The zero-order chi connectivity index (χ0) is 38.4. The number of nitro groups is 1. The number of nitrogens with zero attached hydrogens (tertiary/aromatic N) is 2. The van der Waals surface area contributed by atoms with Crippen molar-refractivity contribution in [3.05, 3.63) is 121 Å². The molecule has 0 aliphatic carbocycles. The zero-order valence-corrected chi connectivity index (χ0v) is 30.4. The lowest BCUT2D eigenvalue weighted by Gasteiger charge is -2.32. The van der Waals surface area contributed by atoms with Gasteiger partial charge in [0.1, 0.15) is 23.6 Å². The standard InChI is InChI=1S/C37H34Cl2N4O10/c1-42-29(35(45)41-33(37(47)52-4)22-9-11-24(50-2)12-10-22)16-21-8-13-30(28(15-21)43(48)49)53-25-7-5-6-20(14-25)17-31(44)40-32(36(42)46)23-18-26(38)34(51-3)27(39)19-23/h5-15,18-19,29,32-33H,16-17H2,1-4H3,(H,40,44)(H,41,45)/t29-,32-,33-/m0/s1. The third kappa shape index (κ3) is 8.79. The summed E-state index contributed by atoms with van der Waals surface area (Å²) >= 11 is 12.9. The summed E-state index contributed by atoms with van der Waals surface area (Å²) in [6.07, 6.45) is -0.498. The number of nitro benzene ring substituents is 1. The molecule has 0 aromatic heterocycles. The first kappa shape index (κ1) is 38.4. The van der Waals surface area contributed by atoms with Gasteiger partial charge in [-0.1, -0.05) is 53.5 Å². The molecule has 2 heterocycles. The highest BCUT2D eigenvalue weighted by molar-refractivity contribution is 6.37. The number of hydrogen-bond donors (Lipinski definition) is 2. The molecule has 0 unspecified atom stereocenters. The maximum absolute atomic E-state index is 14.6. The van der Waals surface area contributed by atoms with Crippen LogP contribution in [0.1, 0.15) is 34.3 Å². The fourth-order valence-corrected chi connectivity index (χ4v) is 6.47. The smallest absolute Gasteiger partial charge is 0.333 e. The van der Waals surface area contributed by atoms with Gasteiger partial charge in [-0.25, -0.2) is 4.79 Å². The Morgan fingerprint density at radius 3 is 2.28 bits per heavy atom. The van der Waals surface area contributed by atoms with Crippen LogP contribution in [0, 0.1) is 10.1 Å². The van der Waals surface area contributed by atoms with Crippen LogP contribution in [0.4, 0.5) is 5.69 Å². The predicted octanol–water partition coefficient (Wildman–Crippen LogP) is 5.52. The Kier molecular flexibility index (Phi) is 12.1. The van der Waals surface area contributed by atoms with Crippen molar-refractivity contribution in [2.45, 2.75) is 31.0 Å². The number of methoxy groups -OCH3 is 3. The van der Waals surface area contributed by atoms with E-state index in [4.69, 9.17) is 42.1 Å². The molecule has 3 atom stereocenters. The molecule has 0 radical (unpaired) electrons. The minimum atomic E-state index is -1.44. The minimum absolute atomic E-state index is 0.0544. The van der Waals surface area contributed by atoms with Gasteiger partial charge in [0.15, 0.2) is 11.8 Å². The summed E-state index contributed by atoms with van der Waals surface area (Å²) in [5, 5.41) is 17.8. The molecule has 4 aromatic carbocycles. The van der Waals surface area contributed by atoms with Crippen LogP contribution in [0.15, 0.2) is 78.9 Å². The van der Waals surface area contributed by atoms with Crippen LogP contribution < -0.4 is 24.8 Å². The van der Waals surface area contributed by atoms with Crippen LogP contribution in [-0.2, 0) is 36.8 Å². The number of carbonyl (C=O) groups excluding carboxylic acids is 4. The highest BCUT2D eigenvalue weighted by Crippen LogP contribution is 2.37. The van der Waals surface area contributed by atoms with E-state index in [2.05, 4.69) is 10.6 Å². The molecule has 3 amide bonds. The molecule has 14 nitrogen and oxygen atoms in total. The number of amides is 3. The second kappa shape index (κ2) is 16.7. The van der Waals surface area contributed by atoms with Crippen molar-refractivity contribution in [1.82, 2.24) is 15.5 Å². The van der Waals surface area contributed by atoms with E-state index in [1.165, 1.54) is 51.6 Å². The topological polar surface area (TPSA) is 176 Å². The molecule has 4 bridgehead atoms. The number of benzene rings is 4. The van der Waals surface area contributed by atoms with Gasteiger partial charge in [-0.15, -0.1) is 0 Å². The highest BCUT2D eigenvalue weighted by Gasteiger charge is 2.36. The Balaban J connectivity index is 1.64. The number of halogens is 2. The Bertz CT molecular complexity index is 2040. The van der Waals surface area contributed by atoms with Crippen molar-refractivity contribution in [2.24, 2.45) is 0 Å². The van der Waals surface area contributed by atoms with E-state index < -0.39 is 52.4 Å². The number of esters is 1. The highest BCUT2D eigenvalue weighted by atomic mass is 35.5. The summed E-state index contributed by atoms with van der Waals surface area (Å²) in [6.45, 7) is 0. The van der Waals surface area contributed by atoms with Crippen molar-refractivity contribution in [3.63, 3.8) is 0 Å². The first-order valence-corrected chi connectivity index (χ1v) is 16.7. The number of rotatable bonds is 8. The Morgan fingerprint density at radius 2 is 1.66 bits per heavy atom. The van der Waals surface area contributed by atoms with E-state index in [0.717, 1.165) is 12.0 Å². The molecule has 2 aliphatic heterocycles. The van der Waals surface area contributed by atoms with E-state index in [-0.39, 0.29) is 51.3 Å². The van der Waals surface area contributed by atoms with Crippen LogP contribution in [0.2, 0.25) is 10.0 Å². The number of nitrogens with one attached hydrogen (secondary N) is 2. The summed E-state index contributed by atoms with van der Waals surface area (Å²) in [6, 6.07) is 15.5. The lowest BCUT2D eigenvalue weighted by Crippen LogP contribution is -2.53. The van der Waals surface area contributed by atoms with E-state index in [1.807, 2.05) is 0 Å². The van der Waals surface area contributed by atoms with E-state index in [9.17, 15) is 29.3 Å². The summed E-state index contributed by atoms with van der Waals surface area (Å²) in [5.41, 5.74) is 0.869. The molecule has 16 heteroatoms. The maximum atomic E-state index is 14.6. The first-order valence-electron chi connectivity index (χ1n) is 16.0. The quantitative estimate of drug-likeness (QED) is 0.132. The largest absolute Gasteiger partial charge is 0.497 e. The third-order valence-electron chi connectivity index (χ3n) is 8.54. The van der Waals surface area contributed by atoms with Gasteiger partial charge in [-0.2, -0.15) is 0 Å². The molecular weight excluding hydrogens is 731 g/mol. The van der Waals surface area contributed by atoms with Crippen LogP contribution in [0.25, 0.3) is 0 Å². The van der Waals surface area contributed by atoms with Crippen LogP contribution in [0.3, 0.4) is 0 Å². The van der Waals surface area contributed by atoms with Crippen molar-refractivity contribution in [3.8, 4) is 23.0 Å². The number of fused-ring (bicyclic) bond motifs is 9. The van der Waals surface area contributed by atoms with Crippen molar-refractivity contribution in [2.75, 3.05) is 28.4 Å². The van der Waals surface area contributed by atoms with E-state index >= 15 is 0 Å². The molecule has 0 saturated heterocycles. The predicted molar refractivity (Wildman–Crippen MR) is 193 cm³/mol. The van der Waals surface area contributed by atoms with Gasteiger partial charge in [0.25, 0.3) is 0 Å². The lowest BCUT2D eigenvalue weighted by atomic mass is 9.99. The van der Waals surface area contributed by atoms with Crippen LogP contribution in [-0.4, -0.2) is 67.9 Å². The average molecular weight is 766 g/mol. The van der Waals surface area contributed by atoms with Crippen LogP contribution in [0.5, 0.6) is 23.0 Å². The average Bonchev–Trinajstić information content (AvgIpc) is 3.14. The Labute approximate surface area is 314 Å². The van der Waals surface area contributed by atoms with Crippen molar-refractivity contribution >= 4 is 52.6 Å². The molecule has 0 saturated carbocycles. The fourth-order valence-electron chi connectivity index (χ4n) is 5.81.